The second-order valence-corrected chi connectivity index (χ2v) is 6.55. The number of amides is 2. The van der Waals surface area contributed by atoms with Crippen molar-refractivity contribution in [3.63, 3.8) is 0 Å². The summed E-state index contributed by atoms with van der Waals surface area (Å²) in [4.78, 5) is 30.7. The van der Waals surface area contributed by atoms with Crippen LogP contribution in [0.1, 0.15) is 32.8 Å². The Morgan fingerprint density at radius 2 is 2.10 bits per heavy atom. The molecular formula is C15H20BrN3O2. The summed E-state index contributed by atoms with van der Waals surface area (Å²) in [5, 5.41) is 2.82. The van der Waals surface area contributed by atoms with Crippen molar-refractivity contribution >= 4 is 27.7 Å². The molecule has 0 radical (unpaired) electrons. The molecule has 0 spiro atoms. The molecule has 1 aromatic heterocycles. The number of carbonyl (C=O) groups excluding carboxylic acids is 2. The molecule has 1 saturated heterocycles. The number of hydrogen-bond donors (Lipinski definition) is 1. The van der Waals surface area contributed by atoms with Gasteiger partial charge < -0.3 is 10.2 Å². The van der Waals surface area contributed by atoms with Gasteiger partial charge in [0.25, 0.3) is 0 Å². The molecule has 1 fully saturated rings. The topological polar surface area (TPSA) is 62.3 Å². The van der Waals surface area contributed by atoms with Crippen LogP contribution in [0.2, 0.25) is 0 Å². The molecule has 2 atom stereocenters. The van der Waals surface area contributed by atoms with E-state index in [-0.39, 0.29) is 17.7 Å². The summed E-state index contributed by atoms with van der Waals surface area (Å²) in [7, 11) is 0. The van der Waals surface area contributed by atoms with Crippen molar-refractivity contribution in [3.8, 4) is 0 Å². The van der Waals surface area contributed by atoms with E-state index in [4.69, 9.17) is 0 Å². The van der Waals surface area contributed by atoms with Gasteiger partial charge in [-0.3, -0.25) is 14.6 Å². The van der Waals surface area contributed by atoms with Crippen molar-refractivity contribution in [3.05, 3.63) is 28.5 Å². The van der Waals surface area contributed by atoms with Gasteiger partial charge in [-0.2, -0.15) is 0 Å². The average molecular weight is 354 g/mol. The molecule has 1 aromatic rings. The van der Waals surface area contributed by atoms with Crippen LogP contribution < -0.4 is 5.32 Å². The lowest BCUT2D eigenvalue weighted by molar-refractivity contribution is -0.152. The second kappa shape index (κ2) is 6.56. The first-order valence-electron chi connectivity index (χ1n) is 7.14. The zero-order valence-electron chi connectivity index (χ0n) is 12.5. The molecule has 5 nitrogen and oxygen atoms in total. The van der Waals surface area contributed by atoms with Crippen molar-refractivity contribution in [2.45, 2.75) is 45.8 Å². The van der Waals surface area contributed by atoms with Gasteiger partial charge in [-0.05, 0) is 39.9 Å². The SMILES string of the molecule is CCC1NC(=O)C(C(C)C)N(Cc2cncc(Br)c2)C1=O. The van der Waals surface area contributed by atoms with Gasteiger partial charge in [-0.25, -0.2) is 0 Å². The number of piperazine rings is 1. The molecule has 0 aromatic carbocycles. The largest absolute Gasteiger partial charge is 0.343 e. The van der Waals surface area contributed by atoms with Gasteiger partial charge in [0, 0.05) is 23.4 Å². The molecule has 2 heterocycles. The number of halogens is 1. The third-order valence-electron chi connectivity index (χ3n) is 3.66. The lowest BCUT2D eigenvalue weighted by Crippen LogP contribution is -2.64. The maximum atomic E-state index is 12.6. The molecule has 2 unspecified atom stereocenters. The van der Waals surface area contributed by atoms with Crippen molar-refractivity contribution < 1.29 is 9.59 Å². The lowest BCUT2D eigenvalue weighted by atomic mass is 9.95. The Morgan fingerprint density at radius 1 is 1.38 bits per heavy atom. The fourth-order valence-corrected chi connectivity index (χ4v) is 3.06. The highest BCUT2D eigenvalue weighted by Crippen LogP contribution is 2.22. The van der Waals surface area contributed by atoms with Crippen LogP contribution in [0.4, 0.5) is 0 Å². The van der Waals surface area contributed by atoms with Crippen LogP contribution in [0.5, 0.6) is 0 Å². The van der Waals surface area contributed by atoms with Crippen LogP contribution in [0, 0.1) is 5.92 Å². The van der Waals surface area contributed by atoms with Crippen molar-refractivity contribution in [2.24, 2.45) is 5.92 Å². The number of pyridine rings is 1. The summed E-state index contributed by atoms with van der Waals surface area (Å²) in [6, 6.07) is 1.07. The predicted octanol–water partition coefficient (Wildman–Crippen LogP) is 2.11. The smallest absolute Gasteiger partial charge is 0.246 e. The maximum Gasteiger partial charge on any atom is 0.246 e. The summed E-state index contributed by atoms with van der Waals surface area (Å²) < 4.78 is 0.863. The van der Waals surface area contributed by atoms with Crippen molar-refractivity contribution in [1.82, 2.24) is 15.2 Å². The number of nitrogens with zero attached hydrogens (tertiary/aromatic N) is 2. The van der Waals surface area contributed by atoms with E-state index >= 15 is 0 Å². The van der Waals surface area contributed by atoms with Gasteiger partial charge in [-0.15, -0.1) is 0 Å². The van der Waals surface area contributed by atoms with E-state index in [2.05, 4.69) is 26.2 Å². The van der Waals surface area contributed by atoms with Gasteiger partial charge in [0.1, 0.15) is 12.1 Å². The maximum absolute atomic E-state index is 12.6. The summed E-state index contributed by atoms with van der Waals surface area (Å²) in [6.45, 7) is 6.21. The Balaban J connectivity index is 2.29. The number of aromatic nitrogens is 1. The van der Waals surface area contributed by atoms with Crippen LogP contribution >= 0.6 is 15.9 Å². The first kappa shape index (κ1) is 15.9. The molecule has 2 amide bonds. The molecule has 114 valence electrons. The van der Waals surface area contributed by atoms with E-state index in [1.54, 1.807) is 17.3 Å². The van der Waals surface area contributed by atoms with Crippen LogP contribution in [0.3, 0.4) is 0 Å². The van der Waals surface area contributed by atoms with Crippen LogP contribution in [-0.4, -0.2) is 33.8 Å². The highest BCUT2D eigenvalue weighted by atomic mass is 79.9. The van der Waals surface area contributed by atoms with Gasteiger partial charge in [0.05, 0.1) is 0 Å². The van der Waals surface area contributed by atoms with E-state index in [1.165, 1.54) is 0 Å². The Morgan fingerprint density at radius 3 is 2.67 bits per heavy atom. The molecule has 1 aliphatic heterocycles. The standard InChI is InChI=1S/C15H20BrN3O2/c1-4-12-15(21)19(13(9(2)3)14(20)18-12)8-10-5-11(16)7-17-6-10/h5-7,9,12-13H,4,8H2,1-3H3,(H,18,20). The third kappa shape index (κ3) is 3.43. The molecule has 1 N–H and O–H groups in total. The fourth-order valence-electron chi connectivity index (χ4n) is 2.65. The van der Waals surface area contributed by atoms with Crippen molar-refractivity contribution in [1.29, 1.82) is 0 Å². The summed E-state index contributed by atoms with van der Waals surface area (Å²) in [5.41, 5.74) is 0.910. The first-order chi connectivity index (χ1) is 9.93. The quantitative estimate of drug-likeness (QED) is 0.901. The Labute approximate surface area is 133 Å². The fraction of sp³-hybridized carbons (Fsp3) is 0.533. The van der Waals surface area contributed by atoms with E-state index in [0.717, 1.165) is 10.0 Å². The predicted molar refractivity (Wildman–Crippen MR) is 83.3 cm³/mol. The highest BCUT2D eigenvalue weighted by molar-refractivity contribution is 9.10. The van der Waals surface area contributed by atoms with Crippen molar-refractivity contribution in [2.75, 3.05) is 0 Å². The van der Waals surface area contributed by atoms with Gasteiger partial charge in [0.15, 0.2) is 0 Å². The summed E-state index contributed by atoms with van der Waals surface area (Å²) in [5.74, 6) is -0.0259. The zero-order chi connectivity index (χ0) is 15.6. The Kier molecular flexibility index (Phi) is 4.98. The average Bonchev–Trinajstić information content (AvgIpc) is 2.42. The second-order valence-electron chi connectivity index (χ2n) is 5.64. The van der Waals surface area contributed by atoms with Crippen LogP contribution in [-0.2, 0) is 16.1 Å². The lowest BCUT2D eigenvalue weighted by Gasteiger charge is -2.40. The molecule has 6 heteroatoms. The number of nitrogens with one attached hydrogen (secondary N) is 1. The normalized spacial score (nSPS) is 22.6. The molecular weight excluding hydrogens is 334 g/mol. The van der Waals surface area contributed by atoms with E-state index < -0.39 is 12.1 Å². The minimum Gasteiger partial charge on any atom is -0.343 e. The molecule has 0 saturated carbocycles. The Bertz CT molecular complexity index is 547. The number of hydrogen-bond acceptors (Lipinski definition) is 3. The van der Waals surface area contributed by atoms with E-state index in [9.17, 15) is 9.59 Å². The van der Waals surface area contributed by atoms with Gasteiger partial charge in [-0.1, -0.05) is 20.8 Å². The van der Waals surface area contributed by atoms with Gasteiger partial charge in [0.2, 0.25) is 11.8 Å². The number of carbonyl (C=O) groups is 2. The number of rotatable bonds is 4. The summed E-state index contributed by atoms with van der Waals surface area (Å²) >= 11 is 3.38. The third-order valence-corrected chi connectivity index (χ3v) is 4.09. The molecule has 1 aliphatic rings. The van der Waals surface area contributed by atoms with E-state index in [1.807, 2.05) is 26.8 Å². The Hall–Kier alpha value is -1.43. The molecule has 0 aliphatic carbocycles. The highest BCUT2D eigenvalue weighted by Gasteiger charge is 2.41. The minimum absolute atomic E-state index is 0.0178. The summed E-state index contributed by atoms with van der Waals surface area (Å²) in [6.07, 6.45) is 4.02. The monoisotopic (exact) mass is 353 g/mol. The minimum atomic E-state index is -0.431. The molecule has 2 rings (SSSR count). The zero-order valence-corrected chi connectivity index (χ0v) is 14.1. The van der Waals surface area contributed by atoms with E-state index in [0.29, 0.717) is 13.0 Å². The molecule has 21 heavy (non-hydrogen) atoms. The van der Waals surface area contributed by atoms with Crippen LogP contribution in [0.25, 0.3) is 0 Å². The van der Waals surface area contributed by atoms with Crippen LogP contribution in [0.15, 0.2) is 22.9 Å². The first-order valence-corrected chi connectivity index (χ1v) is 7.93. The molecule has 0 bridgehead atoms. The van der Waals surface area contributed by atoms with Gasteiger partial charge >= 0.3 is 0 Å².